The molecule has 0 saturated carbocycles. The summed E-state index contributed by atoms with van der Waals surface area (Å²) < 4.78 is 38.1. The fourth-order valence-electron chi connectivity index (χ4n) is 2.02. The molecular weight excluding hydrogens is 306 g/mol. The van der Waals surface area contributed by atoms with Crippen molar-refractivity contribution < 1.29 is 18.3 Å². The molecule has 0 amide bonds. The summed E-state index contributed by atoms with van der Waals surface area (Å²) in [5, 5.41) is 0. The molecule has 0 spiro atoms. The normalized spacial score (nSPS) is 22.2. The molecule has 1 aromatic rings. The van der Waals surface area contributed by atoms with E-state index in [4.69, 9.17) is 9.47 Å². The van der Waals surface area contributed by atoms with Gasteiger partial charge in [0.25, 0.3) is 0 Å². The van der Waals surface area contributed by atoms with Crippen molar-refractivity contribution in [3.63, 3.8) is 0 Å². The fraction of sp³-hybridized carbons (Fsp3) is 0.538. The summed E-state index contributed by atoms with van der Waals surface area (Å²) in [6.45, 7) is 4.24. The van der Waals surface area contributed by atoms with Crippen molar-refractivity contribution in [2.45, 2.75) is 38.4 Å². The van der Waals surface area contributed by atoms with E-state index >= 15 is 0 Å². The third-order valence-corrected chi connectivity index (χ3v) is 3.40. The first-order chi connectivity index (χ1) is 8.37. The van der Waals surface area contributed by atoms with Crippen LogP contribution in [0, 0.1) is 11.6 Å². The second-order valence-electron chi connectivity index (χ2n) is 5.05. The van der Waals surface area contributed by atoms with Gasteiger partial charge in [0, 0.05) is 4.47 Å². The molecule has 2 rings (SSSR count). The number of rotatable bonds is 3. The van der Waals surface area contributed by atoms with Crippen molar-refractivity contribution >= 4 is 15.9 Å². The summed E-state index contributed by atoms with van der Waals surface area (Å²) in [6.07, 6.45) is 1.74. The van der Waals surface area contributed by atoms with E-state index < -0.39 is 11.6 Å². The van der Waals surface area contributed by atoms with Crippen LogP contribution < -0.4 is 4.74 Å². The Bertz CT molecular complexity index is 449. The summed E-state index contributed by atoms with van der Waals surface area (Å²) in [5.41, 5.74) is -0.158. The van der Waals surface area contributed by atoms with Gasteiger partial charge in [-0.1, -0.05) is 15.9 Å². The molecule has 1 atom stereocenters. The van der Waals surface area contributed by atoms with Crippen LogP contribution in [0.5, 0.6) is 5.75 Å². The molecule has 100 valence electrons. The Kier molecular flexibility index (Phi) is 3.92. The summed E-state index contributed by atoms with van der Waals surface area (Å²) >= 11 is 3.10. The lowest BCUT2D eigenvalue weighted by Crippen LogP contribution is -2.24. The molecule has 0 radical (unpaired) electrons. The van der Waals surface area contributed by atoms with Crippen LogP contribution in [0.15, 0.2) is 16.6 Å². The van der Waals surface area contributed by atoms with E-state index in [1.807, 2.05) is 13.8 Å². The minimum atomic E-state index is -0.963. The average molecular weight is 321 g/mol. The maximum absolute atomic E-state index is 13.4. The SMILES string of the molecule is CC1(C)CCC(COc2cc(Br)cc(F)c2F)O1. The van der Waals surface area contributed by atoms with Crippen LogP contribution in [-0.2, 0) is 4.74 Å². The van der Waals surface area contributed by atoms with Gasteiger partial charge in [0.2, 0.25) is 5.82 Å². The van der Waals surface area contributed by atoms with Crippen LogP contribution in [0.4, 0.5) is 8.78 Å². The van der Waals surface area contributed by atoms with Crippen molar-refractivity contribution in [2.75, 3.05) is 6.61 Å². The second kappa shape index (κ2) is 5.13. The first-order valence-corrected chi connectivity index (χ1v) is 6.62. The van der Waals surface area contributed by atoms with E-state index in [0.29, 0.717) is 4.47 Å². The molecule has 1 aromatic carbocycles. The maximum Gasteiger partial charge on any atom is 0.200 e. The molecular formula is C13H15BrF2O2. The maximum atomic E-state index is 13.4. The topological polar surface area (TPSA) is 18.5 Å². The van der Waals surface area contributed by atoms with Crippen LogP contribution in [0.1, 0.15) is 26.7 Å². The van der Waals surface area contributed by atoms with Crippen LogP contribution in [0.25, 0.3) is 0 Å². The zero-order valence-electron chi connectivity index (χ0n) is 10.3. The van der Waals surface area contributed by atoms with Gasteiger partial charge in [-0.25, -0.2) is 4.39 Å². The van der Waals surface area contributed by atoms with Gasteiger partial charge in [-0.2, -0.15) is 4.39 Å². The van der Waals surface area contributed by atoms with Gasteiger partial charge in [-0.15, -0.1) is 0 Å². The number of hydrogen-bond acceptors (Lipinski definition) is 2. The van der Waals surface area contributed by atoms with Gasteiger partial charge in [0.05, 0.1) is 11.7 Å². The fourth-order valence-corrected chi connectivity index (χ4v) is 2.42. The summed E-state index contributed by atoms with van der Waals surface area (Å²) in [4.78, 5) is 0. The molecule has 1 fully saturated rings. The quantitative estimate of drug-likeness (QED) is 0.782. The highest BCUT2D eigenvalue weighted by atomic mass is 79.9. The number of benzene rings is 1. The van der Waals surface area contributed by atoms with E-state index in [1.54, 1.807) is 0 Å². The van der Waals surface area contributed by atoms with Crippen LogP contribution in [-0.4, -0.2) is 18.3 Å². The third kappa shape index (κ3) is 3.20. The highest BCUT2D eigenvalue weighted by Gasteiger charge is 2.32. The predicted molar refractivity (Wildman–Crippen MR) is 67.7 cm³/mol. The molecule has 5 heteroatoms. The van der Waals surface area contributed by atoms with Gasteiger partial charge >= 0.3 is 0 Å². The Morgan fingerprint density at radius 2 is 2.17 bits per heavy atom. The van der Waals surface area contributed by atoms with E-state index in [9.17, 15) is 8.78 Å². The average Bonchev–Trinajstić information content (AvgIpc) is 2.61. The van der Waals surface area contributed by atoms with Crippen molar-refractivity contribution in [2.24, 2.45) is 0 Å². The van der Waals surface area contributed by atoms with Crippen LogP contribution in [0.3, 0.4) is 0 Å². The summed E-state index contributed by atoms with van der Waals surface area (Å²) in [6, 6.07) is 2.48. The molecule has 0 aliphatic carbocycles. The highest BCUT2D eigenvalue weighted by molar-refractivity contribution is 9.10. The zero-order chi connectivity index (χ0) is 13.3. The minimum absolute atomic E-state index is 0.0681. The van der Waals surface area contributed by atoms with E-state index in [1.165, 1.54) is 6.07 Å². The lowest BCUT2D eigenvalue weighted by atomic mass is 10.1. The first-order valence-electron chi connectivity index (χ1n) is 5.82. The van der Waals surface area contributed by atoms with Gasteiger partial charge in [-0.3, -0.25) is 0 Å². The molecule has 0 N–H and O–H groups in total. The molecule has 1 aliphatic heterocycles. The zero-order valence-corrected chi connectivity index (χ0v) is 11.9. The Morgan fingerprint density at radius 3 is 2.78 bits per heavy atom. The highest BCUT2D eigenvalue weighted by Crippen LogP contribution is 2.31. The summed E-state index contributed by atoms with van der Waals surface area (Å²) in [7, 11) is 0. The van der Waals surface area contributed by atoms with Crippen molar-refractivity contribution in [3.05, 3.63) is 28.2 Å². The lowest BCUT2D eigenvalue weighted by molar-refractivity contribution is -0.0331. The third-order valence-electron chi connectivity index (χ3n) is 2.94. The standard InChI is InChI=1S/C13H15BrF2O2/c1-13(2)4-3-9(18-13)7-17-11-6-8(14)5-10(15)12(11)16/h5-6,9H,3-4,7H2,1-2H3. The molecule has 2 nitrogen and oxygen atoms in total. The van der Waals surface area contributed by atoms with Crippen molar-refractivity contribution in [1.82, 2.24) is 0 Å². The Hall–Kier alpha value is -0.680. The predicted octanol–water partition coefficient (Wildman–Crippen LogP) is 4.06. The molecule has 1 aliphatic rings. The van der Waals surface area contributed by atoms with Crippen LogP contribution in [0.2, 0.25) is 0 Å². The van der Waals surface area contributed by atoms with E-state index in [0.717, 1.165) is 18.9 Å². The molecule has 0 bridgehead atoms. The van der Waals surface area contributed by atoms with Gasteiger partial charge in [0.15, 0.2) is 11.6 Å². The summed E-state index contributed by atoms with van der Waals surface area (Å²) in [5.74, 6) is -1.97. The van der Waals surface area contributed by atoms with Crippen LogP contribution >= 0.6 is 15.9 Å². The lowest BCUT2D eigenvalue weighted by Gasteiger charge is -2.19. The number of halogens is 3. The Labute approximate surface area is 113 Å². The van der Waals surface area contributed by atoms with E-state index in [2.05, 4.69) is 15.9 Å². The van der Waals surface area contributed by atoms with Gasteiger partial charge < -0.3 is 9.47 Å². The van der Waals surface area contributed by atoms with Gasteiger partial charge in [0.1, 0.15) is 6.61 Å². The Balaban J connectivity index is 1.99. The monoisotopic (exact) mass is 320 g/mol. The number of ether oxygens (including phenoxy) is 2. The molecule has 18 heavy (non-hydrogen) atoms. The molecule has 1 heterocycles. The van der Waals surface area contributed by atoms with Gasteiger partial charge in [-0.05, 0) is 38.8 Å². The molecule has 1 unspecified atom stereocenters. The number of hydrogen-bond donors (Lipinski definition) is 0. The first kappa shape index (κ1) is 13.7. The second-order valence-corrected chi connectivity index (χ2v) is 5.96. The largest absolute Gasteiger partial charge is 0.488 e. The minimum Gasteiger partial charge on any atom is -0.488 e. The van der Waals surface area contributed by atoms with Crippen molar-refractivity contribution in [3.8, 4) is 5.75 Å². The Morgan fingerprint density at radius 1 is 1.44 bits per heavy atom. The van der Waals surface area contributed by atoms with E-state index in [-0.39, 0.29) is 24.1 Å². The smallest absolute Gasteiger partial charge is 0.200 e. The van der Waals surface area contributed by atoms with Crippen molar-refractivity contribution in [1.29, 1.82) is 0 Å². The molecule has 0 aromatic heterocycles. The molecule has 1 saturated heterocycles.